The molecule has 130 valence electrons. The van der Waals surface area contributed by atoms with E-state index in [1.54, 1.807) is 9.47 Å². The van der Waals surface area contributed by atoms with Gasteiger partial charge in [-0.2, -0.15) is 4.98 Å². The molecular weight excluding hydrogens is 314 g/mol. The minimum absolute atomic E-state index is 0.00371. The number of nitrogens with zero attached hydrogens (tertiary/aromatic N) is 3. The van der Waals surface area contributed by atoms with E-state index in [0.717, 1.165) is 6.42 Å². The Morgan fingerprint density at radius 1 is 1.30 bits per heavy atom. The van der Waals surface area contributed by atoms with E-state index in [-0.39, 0.29) is 29.1 Å². The monoisotopic (exact) mass is 341 g/mol. The summed E-state index contributed by atoms with van der Waals surface area (Å²) in [5.74, 6) is -0.0195. The average Bonchev–Trinajstić information content (AvgIpc) is 2.53. The first-order chi connectivity index (χ1) is 10.9. The van der Waals surface area contributed by atoms with Gasteiger partial charge in [-0.05, 0) is 33.6 Å². The molecule has 0 aliphatic heterocycles. The van der Waals surface area contributed by atoms with E-state index in [1.165, 1.54) is 11.8 Å². The molecule has 0 bridgehead atoms. The van der Waals surface area contributed by atoms with Crippen LogP contribution in [0.3, 0.4) is 0 Å². The van der Waals surface area contributed by atoms with Crippen molar-refractivity contribution in [3.63, 3.8) is 0 Å². The zero-order valence-corrected chi connectivity index (χ0v) is 15.4. The second kappa shape index (κ2) is 8.96. The predicted octanol–water partition coefficient (Wildman–Crippen LogP) is 2.44. The Balaban J connectivity index is 3.15. The average molecular weight is 341 g/mol. The van der Waals surface area contributed by atoms with Crippen molar-refractivity contribution >= 4 is 17.7 Å². The summed E-state index contributed by atoms with van der Waals surface area (Å²) in [4.78, 5) is 30.6. The molecule has 0 aromatic carbocycles. The highest BCUT2D eigenvalue weighted by molar-refractivity contribution is 7.99. The number of carbonyl (C=O) groups excluding carboxylic acids is 1. The molecule has 1 N–H and O–H groups in total. The lowest BCUT2D eigenvalue weighted by atomic mass is 10.2. The minimum Gasteiger partial charge on any atom is -0.493 e. The lowest BCUT2D eigenvalue weighted by molar-refractivity contribution is -0.127. The van der Waals surface area contributed by atoms with Gasteiger partial charge >= 0.3 is 0 Å². The van der Waals surface area contributed by atoms with Crippen LogP contribution in [0, 0.1) is 0 Å². The molecule has 0 radical (unpaired) electrons. The maximum Gasteiger partial charge on any atom is 0.261 e. The molecule has 0 saturated carbocycles. The van der Waals surface area contributed by atoms with Crippen molar-refractivity contribution in [1.29, 1.82) is 0 Å². The largest absolute Gasteiger partial charge is 0.493 e. The summed E-state index contributed by atoms with van der Waals surface area (Å²) in [5, 5.41) is 10.4. The molecule has 1 atom stereocenters. The zero-order valence-electron chi connectivity index (χ0n) is 14.6. The highest BCUT2D eigenvalue weighted by Crippen LogP contribution is 2.24. The highest BCUT2D eigenvalue weighted by Gasteiger charge is 2.20. The van der Waals surface area contributed by atoms with Crippen molar-refractivity contribution in [3.05, 3.63) is 15.9 Å². The van der Waals surface area contributed by atoms with Crippen LogP contribution in [-0.4, -0.2) is 44.3 Å². The quantitative estimate of drug-likeness (QED) is 0.580. The first-order valence-corrected chi connectivity index (χ1v) is 9.14. The molecule has 0 spiro atoms. The Hall–Kier alpha value is -1.50. The van der Waals surface area contributed by atoms with Crippen LogP contribution in [-0.2, 0) is 11.2 Å². The van der Waals surface area contributed by atoms with E-state index < -0.39 is 0 Å². The van der Waals surface area contributed by atoms with E-state index in [0.29, 0.717) is 30.2 Å². The number of aromatic nitrogens is 2. The fourth-order valence-corrected chi connectivity index (χ4v) is 3.30. The third kappa shape index (κ3) is 4.50. The molecule has 6 nitrogen and oxygen atoms in total. The van der Waals surface area contributed by atoms with Crippen molar-refractivity contribution < 1.29 is 9.90 Å². The summed E-state index contributed by atoms with van der Waals surface area (Å²) in [5.41, 5.74) is 0.108. The normalized spacial score (nSPS) is 12.2. The van der Waals surface area contributed by atoms with E-state index >= 15 is 0 Å². The summed E-state index contributed by atoms with van der Waals surface area (Å²) in [7, 11) is 0. The first-order valence-electron chi connectivity index (χ1n) is 8.15. The molecule has 1 rings (SSSR count). The molecule has 0 fully saturated rings. The van der Waals surface area contributed by atoms with Gasteiger partial charge in [0, 0.05) is 19.1 Å². The van der Waals surface area contributed by atoms with Crippen LogP contribution in [0.1, 0.15) is 52.6 Å². The number of thioether (sulfide) groups is 1. The van der Waals surface area contributed by atoms with Gasteiger partial charge in [0.2, 0.25) is 11.8 Å². The van der Waals surface area contributed by atoms with E-state index in [2.05, 4.69) is 4.98 Å². The maximum absolute atomic E-state index is 12.6. The minimum atomic E-state index is -0.227. The Labute approximate surface area is 141 Å². The van der Waals surface area contributed by atoms with Crippen LogP contribution >= 0.6 is 11.8 Å². The SMILES string of the molecule is CCc1c(O)nc(SCC(=O)N(CC)CC)n([C@H](C)CC)c1=O. The lowest BCUT2D eigenvalue weighted by Gasteiger charge is -2.21. The highest BCUT2D eigenvalue weighted by atomic mass is 32.2. The maximum atomic E-state index is 12.6. The van der Waals surface area contributed by atoms with E-state index in [1.807, 2.05) is 34.6 Å². The summed E-state index contributed by atoms with van der Waals surface area (Å²) >= 11 is 1.21. The van der Waals surface area contributed by atoms with Crippen LogP contribution in [0.2, 0.25) is 0 Å². The predicted molar refractivity (Wildman–Crippen MR) is 93.2 cm³/mol. The van der Waals surface area contributed by atoms with Gasteiger partial charge in [-0.25, -0.2) is 0 Å². The number of hydrogen-bond donors (Lipinski definition) is 1. The summed E-state index contributed by atoms with van der Waals surface area (Å²) in [6.45, 7) is 10.9. The van der Waals surface area contributed by atoms with Gasteiger partial charge in [-0.15, -0.1) is 0 Å². The Kier molecular flexibility index (Phi) is 7.61. The second-order valence-electron chi connectivity index (χ2n) is 5.34. The van der Waals surface area contributed by atoms with Crippen LogP contribution in [0.5, 0.6) is 5.88 Å². The number of carbonyl (C=O) groups is 1. The smallest absolute Gasteiger partial charge is 0.261 e. The zero-order chi connectivity index (χ0) is 17.6. The van der Waals surface area contributed by atoms with Crippen LogP contribution in [0.15, 0.2) is 9.95 Å². The van der Waals surface area contributed by atoms with Gasteiger partial charge in [0.1, 0.15) is 0 Å². The van der Waals surface area contributed by atoms with Crippen LogP contribution in [0.25, 0.3) is 0 Å². The fraction of sp³-hybridized carbons (Fsp3) is 0.688. The fourth-order valence-electron chi connectivity index (χ4n) is 2.32. The molecule has 0 aliphatic rings. The van der Waals surface area contributed by atoms with Gasteiger partial charge in [0.25, 0.3) is 5.56 Å². The Morgan fingerprint density at radius 2 is 1.91 bits per heavy atom. The Bertz CT molecular complexity index is 597. The van der Waals surface area contributed by atoms with Crippen molar-refractivity contribution in [2.75, 3.05) is 18.8 Å². The van der Waals surface area contributed by atoms with Gasteiger partial charge in [0.05, 0.1) is 11.3 Å². The van der Waals surface area contributed by atoms with E-state index in [4.69, 9.17) is 0 Å². The Morgan fingerprint density at radius 3 is 2.39 bits per heavy atom. The third-order valence-corrected chi connectivity index (χ3v) is 4.92. The van der Waals surface area contributed by atoms with Crippen molar-refractivity contribution in [2.45, 2.75) is 58.7 Å². The molecule has 1 aromatic heterocycles. The summed E-state index contributed by atoms with van der Waals surface area (Å²) in [6, 6.07) is -0.0352. The number of aromatic hydroxyl groups is 1. The number of amides is 1. The second-order valence-corrected chi connectivity index (χ2v) is 6.28. The molecule has 7 heteroatoms. The van der Waals surface area contributed by atoms with Gasteiger partial charge in [-0.3, -0.25) is 14.2 Å². The van der Waals surface area contributed by atoms with Crippen molar-refractivity contribution in [2.24, 2.45) is 0 Å². The molecule has 1 heterocycles. The molecule has 23 heavy (non-hydrogen) atoms. The van der Waals surface area contributed by atoms with Crippen molar-refractivity contribution in [3.8, 4) is 5.88 Å². The third-order valence-electron chi connectivity index (χ3n) is 3.98. The van der Waals surface area contributed by atoms with Gasteiger partial charge < -0.3 is 10.0 Å². The molecule has 0 saturated heterocycles. The molecule has 1 amide bonds. The topological polar surface area (TPSA) is 75.4 Å². The number of rotatable bonds is 8. The van der Waals surface area contributed by atoms with Gasteiger partial charge in [0.15, 0.2) is 5.16 Å². The van der Waals surface area contributed by atoms with Crippen molar-refractivity contribution in [1.82, 2.24) is 14.5 Å². The van der Waals surface area contributed by atoms with Gasteiger partial charge in [-0.1, -0.05) is 25.6 Å². The molecule has 1 aromatic rings. The summed E-state index contributed by atoms with van der Waals surface area (Å²) < 4.78 is 1.60. The lowest BCUT2D eigenvalue weighted by Crippen LogP contribution is -2.33. The first kappa shape index (κ1) is 19.5. The molecule has 0 aliphatic carbocycles. The van der Waals surface area contributed by atoms with Crippen LogP contribution < -0.4 is 5.56 Å². The van der Waals surface area contributed by atoms with Crippen LogP contribution in [0.4, 0.5) is 0 Å². The summed E-state index contributed by atoms with van der Waals surface area (Å²) in [6.07, 6.45) is 1.20. The number of hydrogen-bond acceptors (Lipinski definition) is 5. The standard InChI is InChI=1S/C16H27N3O3S/c1-6-11(5)19-15(22)12(7-2)14(21)17-16(19)23-10-13(20)18(8-3)9-4/h11,21H,6-10H2,1-5H3/t11-/m1/s1. The molecule has 0 unspecified atom stereocenters. The van der Waals surface area contributed by atoms with E-state index in [9.17, 15) is 14.7 Å². The molecular formula is C16H27N3O3S.